The fourth-order valence-electron chi connectivity index (χ4n) is 3.00. The Balaban J connectivity index is 1.64. The number of aromatic nitrogens is 1. The molecule has 0 spiro atoms. The predicted octanol–water partition coefficient (Wildman–Crippen LogP) is 5.70. The first-order valence-electron chi connectivity index (χ1n) is 10.4. The molecule has 6 nitrogen and oxygen atoms in total. The fraction of sp³-hybridized carbons (Fsp3) is 0.292. The number of benzene rings is 2. The summed E-state index contributed by atoms with van der Waals surface area (Å²) in [6.07, 6.45) is -4.12. The first-order chi connectivity index (χ1) is 15.9. The molecule has 3 rings (SSSR count). The summed E-state index contributed by atoms with van der Waals surface area (Å²) in [4.78, 5) is 28.7. The highest BCUT2D eigenvalue weighted by Crippen LogP contribution is 2.33. The van der Waals surface area contributed by atoms with E-state index in [-0.39, 0.29) is 12.5 Å². The van der Waals surface area contributed by atoms with Gasteiger partial charge >= 0.3 is 12.1 Å². The molecule has 10 heteroatoms. The second kappa shape index (κ2) is 9.84. The molecular formula is C24H23F3N2O4S. The molecule has 1 amide bonds. The van der Waals surface area contributed by atoms with Gasteiger partial charge in [-0.3, -0.25) is 4.79 Å². The third-order valence-corrected chi connectivity index (χ3v) is 6.51. The molecule has 1 unspecified atom stereocenters. The van der Waals surface area contributed by atoms with Crippen molar-refractivity contribution in [1.82, 2.24) is 10.3 Å². The summed E-state index contributed by atoms with van der Waals surface area (Å²) in [6.45, 7) is 5.11. The molecule has 1 aromatic heterocycles. The van der Waals surface area contributed by atoms with Crippen molar-refractivity contribution in [2.75, 3.05) is 0 Å². The van der Waals surface area contributed by atoms with Gasteiger partial charge in [0.2, 0.25) is 5.60 Å². The van der Waals surface area contributed by atoms with Crippen LogP contribution < -0.4 is 10.1 Å². The Kier molecular flexibility index (Phi) is 7.30. The third-order valence-electron chi connectivity index (χ3n) is 5.31. The lowest BCUT2D eigenvalue weighted by molar-refractivity contribution is -0.154. The minimum absolute atomic E-state index is 0.218. The van der Waals surface area contributed by atoms with E-state index in [9.17, 15) is 27.9 Å². The van der Waals surface area contributed by atoms with Crippen LogP contribution >= 0.6 is 11.3 Å². The maximum absolute atomic E-state index is 12.8. The monoisotopic (exact) mass is 492 g/mol. The van der Waals surface area contributed by atoms with Gasteiger partial charge in [0.15, 0.2) is 0 Å². The first kappa shape index (κ1) is 25.2. The lowest BCUT2D eigenvalue weighted by Gasteiger charge is -2.24. The van der Waals surface area contributed by atoms with Crippen LogP contribution in [-0.2, 0) is 17.5 Å². The molecule has 2 N–H and O–H groups in total. The molecule has 3 aromatic rings. The lowest BCUT2D eigenvalue weighted by Crippen LogP contribution is -2.40. The molecule has 0 aliphatic rings. The van der Waals surface area contributed by atoms with Crippen molar-refractivity contribution in [1.29, 1.82) is 0 Å². The minimum Gasteiger partial charge on any atom is -0.478 e. The molecule has 34 heavy (non-hydrogen) atoms. The number of amides is 1. The summed E-state index contributed by atoms with van der Waals surface area (Å²) in [5.74, 6) is -0.999. The molecule has 0 fully saturated rings. The van der Waals surface area contributed by atoms with Crippen LogP contribution in [0.15, 0.2) is 48.5 Å². The van der Waals surface area contributed by atoms with Crippen LogP contribution in [-0.4, -0.2) is 27.6 Å². The number of carbonyl (C=O) groups excluding carboxylic acids is 1. The minimum atomic E-state index is -4.42. The first-order valence-corrected chi connectivity index (χ1v) is 11.2. The van der Waals surface area contributed by atoms with Crippen LogP contribution in [0.4, 0.5) is 13.2 Å². The molecule has 0 aliphatic heterocycles. The number of halogens is 3. The van der Waals surface area contributed by atoms with Crippen molar-refractivity contribution in [3.05, 3.63) is 70.2 Å². The summed E-state index contributed by atoms with van der Waals surface area (Å²) >= 11 is 1.10. The normalized spacial score (nSPS) is 13.2. The Morgan fingerprint density at radius 3 is 2.24 bits per heavy atom. The van der Waals surface area contributed by atoms with Crippen molar-refractivity contribution >= 4 is 23.2 Å². The Bertz CT molecular complexity index is 1170. The largest absolute Gasteiger partial charge is 0.478 e. The van der Waals surface area contributed by atoms with Gasteiger partial charge in [0, 0.05) is 12.1 Å². The van der Waals surface area contributed by atoms with E-state index in [4.69, 9.17) is 4.74 Å². The molecule has 0 aliphatic carbocycles. The van der Waals surface area contributed by atoms with Crippen molar-refractivity contribution in [2.45, 2.75) is 45.5 Å². The van der Waals surface area contributed by atoms with Gasteiger partial charge in [-0.25, -0.2) is 9.78 Å². The average molecular weight is 493 g/mol. The number of hydrogen-bond donors (Lipinski definition) is 2. The van der Waals surface area contributed by atoms with Gasteiger partial charge in [0.25, 0.3) is 5.91 Å². The average Bonchev–Trinajstić information content (AvgIpc) is 3.19. The number of ether oxygens (including phenoxy) is 1. The van der Waals surface area contributed by atoms with Crippen LogP contribution in [0, 0.1) is 6.92 Å². The lowest BCUT2D eigenvalue weighted by atomic mass is 10.0. The standard InChI is InChI=1S/C24H23F3N2O4S/c1-4-23(3,22(31)32)33-18-11-5-15(6-12-18)13-28-20(30)19-14(2)29-21(34-19)16-7-9-17(10-8-16)24(25,26)27/h5-12H,4,13H2,1-3H3,(H,28,30)(H,31,32). The van der Waals surface area contributed by atoms with E-state index < -0.39 is 23.3 Å². The second-order valence-corrected chi connectivity index (χ2v) is 8.83. The Labute approximate surface area is 198 Å². The molecule has 0 saturated carbocycles. The Hall–Kier alpha value is -3.40. The number of carboxylic acid groups (broad SMARTS) is 1. The van der Waals surface area contributed by atoms with Gasteiger partial charge < -0.3 is 15.2 Å². The van der Waals surface area contributed by atoms with E-state index in [2.05, 4.69) is 10.3 Å². The number of nitrogens with one attached hydrogen (secondary N) is 1. The zero-order chi connectivity index (χ0) is 25.1. The van der Waals surface area contributed by atoms with Crippen LogP contribution in [0.25, 0.3) is 10.6 Å². The van der Waals surface area contributed by atoms with Crippen molar-refractivity contribution < 1.29 is 32.6 Å². The summed E-state index contributed by atoms with van der Waals surface area (Å²) in [7, 11) is 0. The highest BCUT2D eigenvalue weighted by molar-refractivity contribution is 7.17. The van der Waals surface area contributed by atoms with E-state index >= 15 is 0 Å². The van der Waals surface area contributed by atoms with E-state index in [0.29, 0.717) is 33.3 Å². The van der Waals surface area contributed by atoms with Gasteiger partial charge in [0.05, 0.1) is 11.3 Å². The van der Waals surface area contributed by atoms with Gasteiger partial charge in [-0.15, -0.1) is 11.3 Å². The van der Waals surface area contributed by atoms with Gasteiger partial charge in [0.1, 0.15) is 15.6 Å². The van der Waals surface area contributed by atoms with Crippen LogP contribution in [0.1, 0.15) is 46.8 Å². The zero-order valence-corrected chi connectivity index (χ0v) is 19.5. The third kappa shape index (κ3) is 5.74. The Morgan fingerprint density at radius 2 is 1.71 bits per heavy atom. The fourth-order valence-corrected chi connectivity index (χ4v) is 3.99. The quantitative estimate of drug-likeness (QED) is 0.421. The van der Waals surface area contributed by atoms with Crippen LogP contribution in [0.5, 0.6) is 5.75 Å². The summed E-state index contributed by atoms with van der Waals surface area (Å²) in [5, 5.41) is 12.6. The van der Waals surface area contributed by atoms with Crippen LogP contribution in [0.2, 0.25) is 0 Å². The molecule has 0 bridgehead atoms. The smallest absolute Gasteiger partial charge is 0.416 e. The molecular weight excluding hydrogens is 469 g/mol. The topological polar surface area (TPSA) is 88.5 Å². The number of carboxylic acids is 1. The number of aliphatic carboxylic acids is 1. The highest BCUT2D eigenvalue weighted by Gasteiger charge is 2.33. The van der Waals surface area contributed by atoms with E-state index in [1.807, 2.05) is 0 Å². The Morgan fingerprint density at radius 1 is 1.09 bits per heavy atom. The van der Waals surface area contributed by atoms with Crippen molar-refractivity contribution in [3.8, 4) is 16.3 Å². The van der Waals surface area contributed by atoms with Gasteiger partial charge in [-0.1, -0.05) is 31.2 Å². The maximum atomic E-state index is 12.8. The van der Waals surface area contributed by atoms with Crippen molar-refractivity contribution in [3.63, 3.8) is 0 Å². The predicted molar refractivity (Wildman–Crippen MR) is 122 cm³/mol. The molecule has 0 saturated heterocycles. The molecule has 1 heterocycles. The number of hydrogen-bond acceptors (Lipinski definition) is 5. The number of alkyl halides is 3. The van der Waals surface area contributed by atoms with Crippen LogP contribution in [0.3, 0.4) is 0 Å². The van der Waals surface area contributed by atoms with E-state index in [0.717, 1.165) is 29.0 Å². The summed E-state index contributed by atoms with van der Waals surface area (Å²) < 4.78 is 43.9. The molecule has 1 atom stereocenters. The molecule has 180 valence electrons. The van der Waals surface area contributed by atoms with E-state index in [1.165, 1.54) is 19.1 Å². The molecule has 2 aromatic carbocycles. The second-order valence-electron chi connectivity index (χ2n) is 7.83. The SMILES string of the molecule is CCC(C)(Oc1ccc(CNC(=O)c2sc(-c3ccc(C(F)(F)F)cc3)nc2C)cc1)C(=O)O. The molecule has 0 radical (unpaired) electrons. The number of aryl methyl sites for hydroxylation is 1. The number of thiazole rings is 1. The number of carbonyl (C=O) groups is 2. The maximum Gasteiger partial charge on any atom is 0.416 e. The van der Waals surface area contributed by atoms with Crippen molar-refractivity contribution in [2.24, 2.45) is 0 Å². The summed E-state index contributed by atoms with van der Waals surface area (Å²) in [5.41, 5.74) is -0.324. The summed E-state index contributed by atoms with van der Waals surface area (Å²) in [6, 6.07) is 11.4. The highest BCUT2D eigenvalue weighted by atomic mass is 32.1. The number of rotatable bonds is 8. The van der Waals surface area contributed by atoms with Gasteiger partial charge in [-0.05, 0) is 50.1 Å². The van der Waals surface area contributed by atoms with E-state index in [1.54, 1.807) is 38.1 Å². The number of nitrogens with zero attached hydrogens (tertiary/aromatic N) is 1. The van der Waals surface area contributed by atoms with Gasteiger partial charge in [-0.2, -0.15) is 13.2 Å². The zero-order valence-electron chi connectivity index (χ0n) is 18.7.